The van der Waals surface area contributed by atoms with Gasteiger partial charge in [0.15, 0.2) is 11.5 Å². The number of ether oxygens (including phenoxy) is 2. The highest BCUT2D eigenvalue weighted by Gasteiger charge is 2.33. The Hall–Kier alpha value is -3.97. The number of halogens is 2. The van der Waals surface area contributed by atoms with Gasteiger partial charge >= 0.3 is 0 Å². The van der Waals surface area contributed by atoms with Crippen molar-refractivity contribution >= 4 is 35.2 Å². The maximum absolute atomic E-state index is 14.0. The van der Waals surface area contributed by atoms with Gasteiger partial charge in [0, 0.05) is 11.1 Å². The van der Waals surface area contributed by atoms with Gasteiger partial charge in [-0.2, -0.15) is 10.1 Å². The molecule has 0 fully saturated rings. The maximum Gasteiger partial charge on any atom is 0.283 e. The van der Waals surface area contributed by atoms with Crippen molar-refractivity contribution in [2.45, 2.75) is 20.5 Å². The van der Waals surface area contributed by atoms with Gasteiger partial charge in [-0.05, 0) is 55.8 Å². The molecule has 0 N–H and O–H groups in total. The Balaban J connectivity index is 1.60. The number of hydrogen-bond acceptors (Lipinski definition) is 5. The van der Waals surface area contributed by atoms with Crippen LogP contribution in [0.2, 0.25) is 5.02 Å². The van der Waals surface area contributed by atoms with Crippen LogP contribution in [0.1, 0.15) is 35.3 Å². The van der Waals surface area contributed by atoms with Gasteiger partial charge < -0.3 is 9.47 Å². The summed E-state index contributed by atoms with van der Waals surface area (Å²) in [7, 11) is 0. The predicted octanol–water partition coefficient (Wildman–Crippen LogP) is 5.90. The Bertz CT molecular complexity index is 1340. The topological polar surface area (TPSA) is 68.2 Å². The molecular weight excluding hydrogens is 471 g/mol. The predicted molar refractivity (Wildman–Crippen MR) is 132 cm³/mol. The third-order valence-corrected chi connectivity index (χ3v) is 5.53. The molecule has 35 heavy (non-hydrogen) atoms. The van der Waals surface area contributed by atoms with Crippen molar-refractivity contribution in [3.63, 3.8) is 0 Å². The molecule has 0 radical (unpaired) electrons. The van der Waals surface area contributed by atoms with Gasteiger partial charge in [-0.25, -0.2) is 4.39 Å². The van der Waals surface area contributed by atoms with Gasteiger partial charge in [0.05, 0.1) is 22.9 Å². The van der Waals surface area contributed by atoms with E-state index in [1.165, 1.54) is 6.07 Å². The molecule has 0 aliphatic carbocycles. The molecule has 4 rings (SSSR count). The minimum atomic E-state index is -0.537. The van der Waals surface area contributed by atoms with Crippen molar-refractivity contribution in [3.05, 3.63) is 99.8 Å². The van der Waals surface area contributed by atoms with E-state index in [1.807, 2.05) is 6.92 Å². The summed E-state index contributed by atoms with van der Waals surface area (Å²) in [4.78, 5) is 25.7. The molecule has 8 heteroatoms. The highest BCUT2D eigenvalue weighted by Crippen LogP contribution is 2.38. The largest absolute Gasteiger partial charge is 0.490 e. The van der Waals surface area contributed by atoms with Crippen molar-refractivity contribution in [2.75, 3.05) is 6.61 Å². The first-order chi connectivity index (χ1) is 16.9. The third kappa shape index (κ3) is 5.25. The van der Waals surface area contributed by atoms with Crippen LogP contribution < -0.4 is 9.47 Å². The fourth-order valence-corrected chi connectivity index (χ4v) is 3.80. The number of nitrogens with zero attached hydrogens (tertiary/aromatic N) is 2. The van der Waals surface area contributed by atoms with Crippen LogP contribution in [0.3, 0.4) is 0 Å². The molecule has 2 amide bonds. The van der Waals surface area contributed by atoms with Crippen LogP contribution >= 0.6 is 11.6 Å². The zero-order valence-electron chi connectivity index (χ0n) is 19.1. The van der Waals surface area contributed by atoms with E-state index in [2.05, 4.69) is 5.10 Å². The summed E-state index contributed by atoms with van der Waals surface area (Å²) in [5, 5.41) is 5.24. The standard InChI is InChI=1S/C27H22ClFN2O4/c1-3-34-24-15-18(14-22(28)25(24)35-16-20-11-7-8-12-23(20)29)13-21-17(2)30-31(27(21)33)26(32)19-9-5-4-6-10-19/h4-15H,3,16H2,1-2H3/b21-13+. The van der Waals surface area contributed by atoms with Gasteiger partial charge in [-0.1, -0.05) is 48.0 Å². The molecule has 3 aromatic rings. The number of carbonyl (C=O) groups excluding carboxylic acids is 2. The lowest BCUT2D eigenvalue weighted by atomic mass is 10.1. The number of amides is 2. The van der Waals surface area contributed by atoms with Gasteiger partial charge in [0.2, 0.25) is 0 Å². The molecule has 3 aromatic carbocycles. The van der Waals surface area contributed by atoms with Gasteiger partial charge in [-0.3, -0.25) is 9.59 Å². The molecule has 0 atom stereocenters. The molecule has 0 bridgehead atoms. The fourth-order valence-electron chi connectivity index (χ4n) is 3.53. The van der Waals surface area contributed by atoms with Gasteiger partial charge in [0.25, 0.3) is 11.8 Å². The second kappa shape index (κ2) is 10.5. The zero-order chi connectivity index (χ0) is 24.9. The van der Waals surface area contributed by atoms with Crippen molar-refractivity contribution in [2.24, 2.45) is 5.10 Å². The quantitative estimate of drug-likeness (QED) is 0.304. The number of hydrazone groups is 1. The molecule has 0 saturated carbocycles. The molecule has 0 saturated heterocycles. The van der Waals surface area contributed by atoms with E-state index in [0.717, 1.165) is 5.01 Å². The number of carbonyl (C=O) groups is 2. The first kappa shape index (κ1) is 24.2. The molecule has 0 spiro atoms. The molecule has 1 aliphatic heterocycles. The van der Waals surface area contributed by atoms with Gasteiger partial charge in [0.1, 0.15) is 12.4 Å². The Morgan fingerprint density at radius 2 is 1.80 bits per heavy atom. The third-order valence-electron chi connectivity index (χ3n) is 5.25. The van der Waals surface area contributed by atoms with Crippen LogP contribution in [0.4, 0.5) is 4.39 Å². The molecule has 1 heterocycles. The number of rotatable bonds is 7. The SMILES string of the molecule is CCOc1cc(/C=C2/C(=O)N(C(=O)c3ccccc3)N=C2C)cc(Cl)c1OCc1ccccc1F. The van der Waals surface area contributed by atoms with Crippen LogP contribution in [-0.2, 0) is 11.4 Å². The summed E-state index contributed by atoms with van der Waals surface area (Å²) < 4.78 is 25.5. The van der Waals surface area contributed by atoms with Crippen molar-refractivity contribution in [3.8, 4) is 11.5 Å². The summed E-state index contributed by atoms with van der Waals surface area (Å²) in [5.41, 5.74) is 1.95. The van der Waals surface area contributed by atoms with Gasteiger partial charge in [-0.15, -0.1) is 0 Å². The number of benzene rings is 3. The summed E-state index contributed by atoms with van der Waals surface area (Å²) >= 11 is 6.49. The normalized spacial score (nSPS) is 14.3. The van der Waals surface area contributed by atoms with Crippen molar-refractivity contribution in [1.82, 2.24) is 5.01 Å². The van der Waals surface area contributed by atoms with E-state index >= 15 is 0 Å². The van der Waals surface area contributed by atoms with Crippen LogP contribution in [0, 0.1) is 5.82 Å². The Morgan fingerprint density at radius 1 is 1.09 bits per heavy atom. The first-order valence-corrected chi connectivity index (χ1v) is 11.3. The van der Waals surface area contributed by atoms with E-state index in [4.69, 9.17) is 21.1 Å². The Labute approximate surface area is 207 Å². The molecule has 178 valence electrons. The monoisotopic (exact) mass is 492 g/mol. The summed E-state index contributed by atoms with van der Waals surface area (Å²) in [5.74, 6) is -0.816. The summed E-state index contributed by atoms with van der Waals surface area (Å²) in [6.07, 6.45) is 1.59. The van der Waals surface area contributed by atoms with Crippen LogP contribution in [0.25, 0.3) is 6.08 Å². The van der Waals surface area contributed by atoms with E-state index in [9.17, 15) is 14.0 Å². The summed E-state index contributed by atoms with van der Waals surface area (Å²) in [6, 6.07) is 18.0. The van der Waals surface area contributed by atoms with E-state index < -0.39 is 11.8 Å². The number of hydrogen-bond donors (Lipinski definition) is 0. The zero-order valence-corrected chi connectivity index (χ0v) is 19.9. The van der Waals surface area contributed by atoms with E-state index in [1.54, 1.807) is 73.7 Å². The molecule has 0 unspecified atom stereocenters. The molecule has 1 aliphatic rings. The smallest absolute Gasteiger partial charge is 0.283 e. The van der Waals surface area contributed by atoms with Crippen LogP contribution in [0.15, 0.2) is 77.4 Å². The maximum atomic E-state index is 14.0. The fraction of sp³-hybridized carbons (Fsp3) is 0.148. The molecule has 6 nitrogen and oxygen atoms in total. The summed E-state index contributed by atoms with van der Waals surface area (Å²) in [6.45, 7) is 3.77. The van der Waals surface area contributed by atoms with Crippen molar-refractivity contribution < 1.29 is 23.5 Å². The average Bonchev–Trinajstić information content (AvgIpc) is 3.13. The molecule has 0 aromatic heterocycles. The van der Waals surface area contributed by atoms with Crippen LogP contribution in [-0.4, -0.2) is 29.1 Å². The van der Waals surface area contributed by atoms with E-state index in [0.29, 0.717) is 34.8 Å². The lowest BCUT2D eigenvalue weighted by molar-refractivity contribution is -0.123. The lowest BCUT2D eigenvalue weighted by Crippen LogP contribution is -2.29. The average molecular weight is 493 g/mol. The van der Waals surface area contributed by atoms with Crippen LogP contribution in [0.5, 0.6) is 11.5 Å². The Kier molecular flexibility index (Phi) is 7.27. The lowest BCUT2D eigenvalue weighted by Gasteiger charge is -2.15. The number of imide groups is 1. The minimum Gasteiger partial charge on any atom is -0.490 e. The second-order valence-corrected chi connectivity index (χ2v) is 8.08. The minimum absolute atomic E-state index is 0.0340. The van der Waals surface area contributed by atoms with Crippen molar-refractivity contribution in [1.29, 1.82) is 0 Å². The molecular formula is C27H22ClFN2O4. The highest BCUT2D eigenvalue weighted by atomic mass is 35.5. The Morgan fingerprint density at radius 3 is 2.51 bits per heavy atom. The second-order valence-electron chi connectivity index (χ2n) is 7.67. The first-order valence-electron chi connectivity index (χ1n) is 10.9. The highest BCUT2D eigenvalue weighted by molar-refractivity contribution is 6.33. The van der Waals surface area contributed by atoms with E-state index in [-0.39, 0.29) is 28.8 Å².